The lowest BCUT2D eigenvalue weighted by molar-refractivity contribution is -0.121. The predicted octanol–water partition coefficient (Wildman–Crippen LogP) is 2.27. The number of amides is 3. The normalized spacial score (nSPS) is 27.5. The first kappa shape index (κ1) is 15.6. The Labute approximate surface area is 133 Å². The van der Waals surface area contributed by atoms with Gasteiger partial charge in [-0.15, -0.1) is 0 Å². The number of carbonyl (C=O) groups excluding carboxylic acids is 2. The van der Waals surface area contributed by atoms with Crippen LogP contribution in [0.1, 0.15) is 57.8 Å². The third kappa shape index (κ3) is 3.39. The van der Waals surface area contributed by atoms with Crippen molar-refractivity contribution < 1.29 is 9.59 Å². The number of nitrogens with one attached hydrogen (secondary N) is 2. The minimum absolute atomic E-state index is 0.111. The van der Waals surface area contributed by atoms with Crippen molar-refractivity contribution in [2.75, 3.05) is 20.1 Å². The Morgan fingerprint density at radius 2 is 1.82 bits per heavy atom. The maximum Gasteiger partial charge on any atom is 0.317 e. The summed E-state index contributed by atoms with van der Waals surface area (Å²) >= 11 is 0. The van der Waals surface area contributed by atoms with E-state index in [1.54, 1.807) is 7.05 Å². The van der Waals surface area contributed by atoms with Gasteiger partial charge in [0.05, 0.1) is 0 Å². The lowest BCUT2D eigenvalue weighted by atomic mass is 9.86. The number of hydrogen-bond donors (Lipinski definition) is 2. The van der Waals surface area contributed by atoms with E-state index in [2.05, 4.69) is 10.6 Å². The smallest absolute Gasteiger partial charge is 0.317 e. The first-order valence-corrected chi connectivity index (χ1v) is 8.89. The van der Waals surface area contributed by atoms with Gasteiger partial charge in [0.1, 0.15) is 0 Å². The van der Waals surface area contributed by atoms with Crippen LogP contribution in [0.15, 0.2) is 0 Å². The van der Waals surface area contributed by atoms with Gasteiger partial charge in [0, 0.05) is 32.6 Å². The molecule has 2 saturated carbocycles. The Kier molecular flexibility index (Phi) is 4.59. The van der Waals surface area contributed by atoms with E-state index in [-0.39, 0.29) is 11.9 Å². The van der Waals surface area contributed by atoms with Gasteiger partial charge in [-0.1, -0.05) is 19.3 Å². The molecule has 1 heterocycles. The predicted molar refractivity (Wildman–Crippen MR) is 85.4 cm³/mol. The number of nitrogens with zero attached hydrogens (tertiary/aromatic N) is 1. The molecule has 1 atom stereocenters. The van der Waals surface area contributed by atoms with Crippen LogP contribution in [-0.4, -0.2) is 43.0 Å². The highest BCUT2D eigenvalue weighted by atomic mass is 16.2. The van der Waals surface area contributed by atoms with Crippen molar-refractivity contribution in [1.82, 2.24) is 15.5 Å². The van der Waals surface area contributed by atoms with Crippen LogP contribution < -0.4 is 10.6 Å². The molecule has 0 aromatic heterocycles. The SMILES string of the molecule is CNC(=O)CC1CCN(C(=O)NC2CC23CCCCC3)CC1. The molecule has 1 spiro atoms. The van der Waals surface area contributed by atoms with Crippen LogP contribution in [0, 0.1) is 11.3 Å². The van der Waals surface area contributed by atoms with Crippen molar-refractivity contribution in [2.45, 2.75) is 63.8 Å². The lowest BCUT2D eigenvalue weighted by Crippen LogP contribution is -2.46. The first-order valence-electron chi connectivity index (χ1n) is 8.89. The van der Waals surface area contributed by atoms with E-state index >= 15 is 0 Å². The van der Waals surface area contributed by atoms with Gasteiger partial charge in [0.15, 0.2) is 0 Å². The van der Waals surface area contributed by atoms with Crippen LogP contribution in [0.5, 0.6) is 0 Å². The molecule has 1 aliphatic heterocycles. The Bertz CT molecular complexity index is 424. The van der Waals surface area contributed by atoms with E-state index in [0.29, 0.717) is 23.8 Å². The molecule has 2 N–H and O–H groups in total. The molecule has 3 aliphatic rings. The molecule has 1 saturated heterocycles. The summed E-state index contributed by atoms with van der Waals surface area (Å²) in [6.07, 6.45) is 10.3. The summed E-state index contributed by atoms with van der Waals surface area (Å²) in [4.78, 5) is 25.8. The van der Waals surface area contributed by atoms with E-state index < -0.39 is 0 Å². The fourth-order valence-corrected chi connectivity index (χ4v) is 4.30. The second-order valence-electron chi connectivity index (χ2n) is 7.44. The zero-order valence-electron chi connectivity index (χ0n) is 13.7. The van der Waals surface area contributed by atoms with Crippen molar-refractivity contribution in [1.29, 1.82) is 0 Å². The summed E-state index contributed by atoms with van der Waals surface area (Å²) in [6.45, 7) is 1.57. The average Bonchev–Trinajstić information content (AvgIpc) is 3.19. The van der Waals surface area contributed by atoms with Crippen molar-refractivity contribution >= 4 is 11.9 Å². The van der Waals surface area contributed by atoms with Gasteiger partial charge in [-0.2, -0.15) is 0 Å². The minimum Gasteiger partial charge on any atom is -0.359 e. The molecule has 0 aromatic rings. The van der Waals surface area contributed by atoms with E-state index in [4.69, 9.17) is 0 Å². The quantitative estimate of drug-likeness (QED) is 0.840. The van der Waals surface area contributed by atoms with Crippen LogP contribution in [0.25, 0.3) is 0 Å². The largest absolute Gasteiger partial charge is 0.359 e. The topological polar surface area (TPSA) is 61.4 Å². The summed E-state index contributed by atoms with van der Waals surface area (Å²) in [5, 5.41) is 5.94. The van der Waals surface area contributed by atoms with Crippen LogP contribution >= 0.6 is 0 Å². The monoisotopic (exact) mass is 307 g/mol. The van der Waals surface area contributed by atoms with Gasteiger partial charge in [-0.3, -0.25) is 4.79 Å². The van der Waals surface area contributed by atoms with Crippen LogP contribution in [0.2, 0.25) is 0 Å². The molecule has 5 nitrogen and oxygen atoms in total. The Morgan fingerprint density at radius 3 is 2.45 bits per heavy atom. The molecule has 22 heavy (non-hydrogen) atoms. The standard InChI is InChI=1S/C17H29N3O2/c1-18-15(21)11-13-5-9-20(10-6-13)16(22)19-14-12-17(14)7-3-2-4-8-17/h13-14H,2-12H2,1H3,(H,18,21)(H,19,22). The summed E-state index contributed by atoms with van der Waals surface area (Å²) < 4.78 is 0. The molecular weight excluding hydrogens is 278 g/mol. The van der Waals surface area contributed by atoms with E-state index in [1.807, 2.05) is 4.90 Å². The molecule has 2 aliphatic carbocycles. The Morgan fingerprint density at radius 1 is 1.14 bits per heavy atom. The maximum absolute atomic E-state index is 12.4. The summed E-state index contributed by atoms with van der Waals surface area (Å²) in [5.74, 6) is 0.537. The zero-order valence-corrected chi connectivity index (χ0v) is 13.7. The van der Waals surface area contributed by atoms with Crippen LogP contribution in [-0.2, 0) is 4.79 Å². The number of hydrogen-bond acceptors (Lipinski definition) is 2. The van der Waals surface area contributed by atoms with Crippen molar-refractivity contribution in [3.05, 3.63) is 0 Å². The second kappa shape index (κ2) is 6.47. The molecule has 3 amide bonds. The molecule has 0 aromatic carbocycles. The second-order valence-corrected chi connectivity index (χ2v) is 7.44. The summed E-state index contributed by atoms with van der Waals surface area (Å²) in [7, 11) is 1.68. The highest BCUT2D eigenvalue weighted by Crippen LogP contribution is 2.56. The van der Waals surface area contributed by atoms with E-state index in [1.165, 1.54) is 38.5 Å². The van der Waals surface area contributed by atoms with Crippen LogP contribution in [0.3, 0.4) is 0 Å². The number of rotatable bonds is 3. The Balaban J connectivity index is 1.40. The van der Waals surface area contributed by atoms with E-state index in [0.717, 1.165) is 25.9 Å². The molecule has 3 rings (SSSR count). The molecular formula is C17H29N3O2. The van der Waals surface area contributed by atoms with Crippen LogP contribution in [0.4, 0.5) is 4.79 Å². The van der Waals surface area contributed by atoms with E-state index in [9.17, 15) is 9.59 Å². The van der Waals surface area contributed by atoms with Gasteiger partial charge in [0.25, 0.3) is 0 Å². The fourth-order valence-electron chi connectivity index (χ4n) is 4.30. The molecule has 1 unspecified atom stereocenters. The summed E-state index contributed by atoms with van der Waals surface area (Å²) in [6, 6.07) is 0.537. The highest BCUT2D eigenvalue weighted by Gasteiger charge is 2.54. The first-order chi connectivity index (χ1) is 10.6. The molecule has 0 bridgehead atoms. The highest BCUT2D eigenvalue weighted by molar-refractivity contribution is 5.76. The van der Waals surface area contributed by atoms with Gasteiger partial charge in [-0.05, 0) is 43.4 Å². The molecule has 124 valence electrons. The molecule has 0 radical (unpaired) electrons. The molecule has 5 heteroatoms. The number of piperidine rings is 1. The lowest BCUT2D eigenvalue weighted by Gasteiger charge is -2.32. The van der Waals surface area contributed by atoms with Crippen molar-refractivity contribution in [3.63, 3.8) is 0 Å². The average molecular weight is 307 g/mol. The zero-order chi connectivity index (χ0) is 15.6. The van der Waals surface area contributed by atoms with Crippen molar-refractivity contribution in [2.24, 2.45) is 11.3 Å². The van der Waals surface area contributed by atoms with Crippen molar-refractivity contribution in [3.8, 4) is 0 Å². The van der Waals surface area contributed by atoms with Gasteiger partial charge in [-0.25, -0.2) is 4.79 Å². The third-order valence-electron chi connectivity index (χ3n) is 5.99. The summed E-state index contributed by atoms with van der Waals surface area (Å²) in [5.41, 5.74) is 0.450. The number of carbonyl (C=O) groups is 2. The minimum atomic E-state index is 0.111. The third-order valence-corrected chi connectivity index (χ3v) is 5.99. The number of likely N-dealkylation sites (tertiary alicyclic amines) is 1. The molecule has 3 fully saturated rings. The van der Waals surface area contributed by atoms with Gasteiger partial charge in [0.2, 0.25) is 5.91 Å². The fraction of sp³-hybridized carbons (Fsp3) is 0.882. The Hall–Kier alpha value is -1.26. The van der Waals surface area contributed by atoms with Gasteiger partial charge < -0.3 is 15.5 Å². The maximum atomic E-state index is 12.4. The van der Waals surface area contributed by atoms with Gasteiger partial charge >= 0.3 is 6.03 Å². The number of urea groups is 1.